The highest BCUT2D eigenvalue weighted by molar-refractivity contribution is 6.20. The third kappa shape index (κ3) is 12.9. The molecule has 0 bridgehead atoms. The molecule has 2 fully saturated rings. The Morgan fingerprint density at radius 3 is 1.39 bits per heavy atom. The van der Waals surface area contributed by atoms with Crippen molar-refractivity contribution in [2.75, 3.05) is 47.8 Å². The fourth-order valence-corrected chi connectivity index (χ4v) is 12.6. The van der Waals surface area contributed by atoms with Crippen molar-refractivity contribution >= 4 is 104 Å². The Morgan fingerprint density at radius 1 is 0.571 bits per heavy atom. The van der Waals surface area contributed by atoms with Crippen molar-refractivity contribution < 1.29 is 71.4 Å². The second-order valence-corrected chi connectivity index (χ2v) is 22.2. The van der Waals surface area contributed by atoms with Gasteiger partial charge < -0.3 is 58.2 Å². The summed E-state index contributed by atoms with van der Waals surface area (Å²) in [6.07, 6.45) is 0.286. The third-order valence-electron chi connectivity index (χ3n) is 15.9. The molecule has 4 aliphatic rings. The molecule has 0 aromatic heterocycles. The summed E-state index contributed by atoms with van der Waals surface area (Å²) in [7, 11) is 0. The van der Waals surface area contributed by atoms with Crippen LogP contribution in [0.3, 0.4) is 0 Å². The maximum Gasteiger partial charge on any atom is 0.303 e. The lowest BCUT2D eigenvalue weighted by Crippen LogP contribution is -2.58. The molecule has 0 unspecified atom stereocenters. The minimum absolute atomic E-state index is 0.162. The summed E-state index contributed by atoms with van der Waals surface area (Å²) in [4.78, 5) is 82.0. The van der Waals surface area contributed by atoms with Gasteiger partial charge in [0.05, 0.1) is 23.6 Å². The second kappa shape index (κ2) is 26.8. The summed E-state index contributed by atoms with van der Waals surface area (Å²) >= 11 is 13.3. The fraction of sp³-hybridized carbons (Fsp3) is 0.438. The number of alkyl halides is 2. The van der Waals surface area contributed by atoms with Gasteiger partial charge in [0.2, 0.25) is 24.8 Å². The molecule has 0 saturated carbocycles. The number of nitrogens with two attached hydrogens (primary N) is 1. The van der Waals surface area contributed by atoms with Crippen LogP contribution in [0.15, 0.2) is 91.0 Å². The highest BCUT2D eigenvalue weighted by Crippen LogP contribution is 2.49. The number of hydrogen-bond donors (Lipinski definition) is 1. The average Bonchev–Trinajstić information content (AvgIpc) is 1.89. The van der Waals surface area contributed by atoms with E-state index >= 15 is 0 Å². The summed E-state index contributed by atoms with van der Waals surface area (Å²) in [5, 5.41) is 3.05. The number of ether oxygens (including phenoxy) is 9. The Hall–Kier alpha value is -7.22. The van der Waals surface area contributed by atoms with Gasteiger partial charge in [0.15, 0.2) is 0 Å². The number of nitrogens with zero attached hydrogens (tertiary/aromatic N) is 2. The zero-order valence-corrected chi connectivity index (χ0v) is 49.8. The van der Waals surface area contributed by atoms with Crippen LogP contribution in [0, 0.1) is 11.8 Å². The molecular formula is C64H71Cl2N3O15. The maximum absolute atomic E-state index is 14.5. The molecule has 446 valence electrons. The Bertz CT molecular complexity index is 3370. The van der Waals surface area contributed by atoms with Crippen LogP contribution in [-0.4, -0.2) is 123 Å². The summed E-state index contributed by atoms with van der Waals surface area (Å²) in [5.74, 6) is -2.53. The molecule has 9 rings (SSSR count). The average molecular weight is 1190 g/mol. The van der Waals surface area contributed by atoms with E-state index in [1.165, 1.54) is 39.8 Å². The quantitative estimate of drug-likeness (QED) is 0.0352. The number of amides is 2. The van der Waals surface area contributed by atoms with Gasteiger partial charge in [-0.15, -0.1) is 23.2 Å². The molecular weight excluding hydrogens is 1120 g/mol. The monoisotopic (exact) mass is 1190 g/mol. The van der Waals surface area contributed by atoms with Gasteiger partial charge in [-0.25, -0.2) is 0 Å². The van der Waals surface area contributed by atoms with E-state index in [9.17, 15) is 28.8 Å². The number of esters is 4. The van der Waals surface area contributed by atoms with E-state index in [1.54, 1.807) is 52.3 Å². The molecule has 12 atom stereocenters. The first-order chi connectivity index (χ1) is 40.4. The predicted molar refractivity (Wildman–Crippen MR) is 318 cm³/mol. The summed E-state index contributed by atoms with van der Waals surface area (Å²) < 4.78 is 55.5. The minimum Gasteiger partial charge on any atom is -0.492 e. The van der Waals surface area contributed by atoms with Gasteiger partial charge in [0.25, 0.3) is 11.8 Å². The fourth-order valence-electron chi connectivity index (χ4n) is 12.1. The molecule has 0 spiro atoms. The summed E-state index contributed by atoms with van der Waals surface area (Å²) in [5.41, 5.74) is 9.99. The first-order valence-electron chi connectivity index (χ1n) is 28.4. The second-order valence-electron chi connectivity index (χ2n) is 21.6. The number of benzene rings is 5. The standard InChI is InChI=1S/C64H71Cl2N3O15/c1-9-50-34(3)59(77-36(5)70)61(79-38(7)72)63(81-50)83-53-28-48-57(46-17-13-11-15-44(46)53)42(30-65)32-68(48)55(74)23-20-40-19-21-41(52(27-40)76-26-25-67)22-24-56(75)69-33-43(31-66)58-47-18-14-12-16-45(47)54(29-49(58)69)84-64-62(80-39(8)73)60(78-37(6)71)35(4)51(10-2)82-64/h11-24,27-29,34-35,42-43,50-51,59-64H,9-10,25-26,30-33,67H2,1-8H3/b23-20+,24-22+/t34-,35-,42+,43+,50+,51+,59-,60-,61+,62+,63-,64-/m0/s1. The van der Waals surface area contributed by atoms with Gasteiger partial charge in [0.1, 0.15) is 36.1 Å². The van der Waals surface area contributed by atoms with Gasteiger partial charge in [-0.3, -0.25) is 28.8 Å². The minimum atomic E-state index is -1.18. The highest BCUT2D eigenvalue weighted by Gasteiger charge is 2.51. The number of carbonyl (C=O) groups is 6. The number of fused-ring (bicyclic) bond motifs is 6. The van der Waals surface area contributed by atoms with Crippen LogP contribution in [0.1, 0.15) is 102 Å². The normalized spacial score (nSPS) is 25.6. The lowest BCUT2D eigenvalue weighted by atomic mass is 9.89. The number of carbonyl (C=O) groups excluding carboxylic acids is 6. The Morgan fingerprint density at radius 2 is 0.988 bits per heavy atom. The maximum atomic E-state index is 14.5. The van der Waals surface area contributed by atoms with Crippen molar-refractivity contribution in [1.82, 2.24) is 0 Å². The number of anilines is 2. The lowest BCUT2D eigenvalue weighted by molar-refractivity contribution is -0.266. The van der Waals surface area contributed by atoms with Crippen molar-refractivity contribution in [3.63, 3.8) is 0 Å². The SMILES string of the molecule is CC[C@H]1O[C@@H](Oc2cc3c(c4ccccc24)[C@H](CCl)CN3C(=O)/C=C/c2ccc(/C=C/C(=O)N3C[C@@H](CCl)c4c3cc(O[C@@H]3O[C@H](CC)[C@H](C)[C@H](OC(C)=O)[C@H]3OC(C)=O)c3ccccc43)c(OCCN)c2)[C@H](OC(C)=O)[C@@H](OC(C)=O)[C@H]1C. The molecule has 4 heterocycles. The van der Waals surface area contributed by atoms with Crippen molar-refractivity contribution in [3.8, 4) is 17.2 Å². The zero-order valence-electron chi connectivity index (χ0n) is 48.3. The Labute approximate surface area is 498 Å². The van der Waals surface area contributed by atoms with Gasteiger partial charge in [0, 0.05) is 123 Å². The molecule has 20 heteroatoms. The van der Waals surface area contributed by atoms with E-state index in [2.05, 4.69) is 0 Å². The molecule has 2 N–H and O–H groups in total. The van der Waals surface area contributed by atoms with Gasteiger partial charge in [-0.1, -0.05) is 88.4 Å². The molecule has 2 amide bonds. The molecule has 4 aliphatic heterocycles. The first kappa shape index (κ1) is 61.3. The largest absolute Gasteiger partial charge is 0.492 e. The molecule has 5 aromatic carbocycles. The van der Waals surface area contributed by atoms with Crippen LogP contribution in [0.2, 0.25) is 0 Å². The molecule has 5 aromatic rings. The van der Waals surface area contributed by atoms with Crippen molar-refractivity contribution in [2.45, 2.75) is 129 Å². The van der Waals surface area contributed by atoms with Crippen LogP contribution < -0.4 is 29.7 Å². The van der Waals surface area contributed by atoms with Crippen LogP contribution in [0.5, 0.6) is 17.2 Å². The molecule has 0 aliphatic carbocycles. The van der Waals surface area contributed by atoms with E-state index in [1.807, 2.05) is 76.2 Å². The predicted octanol–water partition coefficient (Wildman–Crippen LogP) is 10.1. The van der Waals surface area contributed by atoms with Gasteiger partial charge in [-0.05, 0) is 58.5 Å². The van der Waals surface area contributed by atoms with E-state index in [-0.39, 0.29) is 73.5 Å². The third-order valence-corrected chi connectivity index (χ3v) is 16.7. The van der Waals surface area contributed by atoms with Crippen molar-refractivity contribution in [3.05, 3.63) is 113 Å². The van der Waals surface area contributed by atoms with Crippen LogP contribution in [0.25, 0.3) is 33.7 Å². The Balaban J connectivity index is 0.985. The van der Waals surface area contributed by atoms with Gasteiger partial charge >= 0.3 is 23.9 Å². The van der Waals surface area contributed by atoms with Crippen molar-refractivity contribution in [1.29, 1.82) is 0 Å². The van der Waals surface area contributed by atoms with E-state index in [0.29, 0.717) is 58.0 Å². The molecule has 18 nitrogen and oxygen atoms in total. The summed E-state index contributed by atoms with van der Waals surface area (Å²) in [6, 6.07) is 24.1. The topological polar surface area (TPSA) is 218 Å². The molecule has 2 saturated heterocycles. The van der Waals surface area contributed by atoms with Crippen LogP contribution in [-0.2, 0) is 57.2 Å². The number of rotatable bonds is 19. The Kier molecular flexibility index (Phi) is 19.6. The molecule has 0 radical (unpaired) electrons. The highest BCUT2D eigenvalue weighted by atomic mass is 35.5. The van der Waals surface area contributed by atoms with Crippen LogP contribution in [0.4, 0.5) is 11.4 Å². The van der Waals surface area contributed by atoms with E-state index in [0.717, 1.165) is 27.3 Å². The van der Waals surface area contributed by atoms with Crippen molar-refractivity contribution in [2.24, 2.45) is 17.6 Å². The molecule has 84 heavy (non-hydrogen) atoms. The zero-order chi connectivity index (χ0) is 60.1. The van der Waals surface area contributed by atoms with E-state index < -0.39 is 73.1 Å². The first-order valence-corrected chi connectivity index (χ1v) is 29.5. The smallest absolute Gasteiger partial charge is 0.303 e. The summed E-state index contributed by atoms with van der Waals surface area (Å²) in [6.45, 7) is 13.7. The van der Waals surface area contributed by atoms with Crippen LogP contribution >= 0.6 is 23.2 Å². The number of hydrogen-bond acceptors (Lipinski definition) is 16. The lowest BCUT2D eigenvalue weighted by Gasteiger charge is -2.44. The van der Waals surface area contributed by atoms with E-state index in [4.69, 9.17) is 71.6 Å². The number of halogens is 2. The van der Waals surface area contributed by atoms with Gasteiger partial charge in [-0.2, -0.15) is 0 Å².